The molecule has 8 heteroatoms. The SMILES string of the molecule is Cc1nccn1CCCN(C)C(=O)c1cn(Cc2cccs2)nn1. The van der Waals surface area contributed by atoms with Crippen LogP contribution < -0.4 is 0 Å². The normalized spacial score (nSPS) is 10.9. The van der Waals surface area contributed by atoms with Gasteiger partial charge in [0.15, 0.2) is 5.69 Å². The largest absolute Gasteiger partial charge is 0.340 e. The van der Waals surface area contributed by atoms with Gasteiger partial charge in [-0.2, -0.15) is 0 Å². The van der Waals surface area contributed by atoms with E-state index in [0.717, 1.165) is 18.8 Å². The first kappa shape index (κ1) is 16.4. The second-order valence-electron chi connectivity index (χ2n) is 5.63. The van der Waals surface area contributed by atoms with Gasteiger partial charge in [-0.05, 0) is 24.8 Å². The van der Waals surface area contributed by atoms with Crippen molar-refractivity contribution in [2.45, 2.75) is 26.4 Å². The molecule has 0 aliphatic carbocycles. The van der Waals surface area contributed by atoms with Crippen LogP contribution in [-0.2, 0) is 13.1 Å². The summed E-state index contributed by atoms with van der Waals surface area (Å²) in [4.78, 5) is 19.5. The number of aryl methyl sites for hydroxylation is 2. The van der Waals surface area contributed by atoms with E-state index in [0.29, 0.717) is 18.8 Å². The molecule has 3 aromatic heterocycles. The van der Waals surface area contributed by atoms with E-state index < -0.39 is 0 Å². The number of carbonyl (C=O) groups is 1. The maximum absolute atomic E-state index is 12.4. The smallest absolute Gasteiger partial charge is 0.275 e. The molecule has 0 radical (unpaired) electrons. The summed E-state index contributed by atoms with van der Waals surface area (Å²) in [6.07, 6.45) is 6.31. The first-order valence-electron chi connectivity index (χ1n) is 7.79. The molecule has 126 valence electrons. The highest BCUT2D eigenvalue weighted by molar-refractivity contribution is 7.09. The fraction of sp³-hybridized carbons (Fsp3) is 0.375. The highest BCUT2D eigenvalue weighted by Gasteiger charge is 2.15. The Kier molecular flexibility index (Phi) is 5.05. The second-order valence-corrected chi connectivity index (χ2v) is 6.66. The molecular weight excluding hydrogens is 324 g/mol. The van der Waals surface area contributed by atoms with Gasteiger partial charge in [-0.3, -0.25) is 4.79 Å². The van der Waals surface area contributed by atoms with E-state index in [4.69, 9.17) is 0 Å². The van der Waals surface area contributed by atoms with Crippen LogP contribution in [0.15, 0.2) is 36.1 Å². The molecule has 3 aromatic rings. The fourth-order valence-corrected chi connectivity index (χ4v) is 3.15. The Labute approximate surface area is 144 Å². The summed E-state index contributed by atoms with van der Waals surface area (Å²) < 4.78 is 3.78. The average molecular weight is 344 g/mol. The molecule has 3 rings (SSSR count). The Morgan fingerprint density at radius 3 is 3.00 bits per heavy atom. The van der Waals surface area contributed by atoms with E-state index >= 15 is 0 Å². The number of nitrogens with zero attached hydrogens (tertiary/aromatic N) is 6. The van der Waals surface area contributed by atoms with Crippen LogP contribution in [0.2, 0.25) is 0 Å². The zero-order valence-electron chi connectivity index (χ0n) is 13.8. The topological polar surface area (TPSA) is 68.8 Å². The van der Waals surface area contributed by atoms with E-state index in [9.17, 15) is 4.79 Å². The molecule has 1 amide bonds. The summed E-state index contributed by atoms with van der Waals surface area (Å²) in [5.41, 5.74) is 0.382. The summed E-state index contributed by atoms with van der Waals surface area (Å²) in [5, 5.41) is 10.1. The molecule has 0 aliphatic heterocycles. The van der Waals surface area contributed by atoms with Gasteiger partial charge in [-0.15, -0.1) is 16.4 Å². The van der Waals surface area contributed by atoms with E-state index in [1.165, 1.54) is 4.88 Å². The molecule has 0 aromatic carbocycles. The molecule has 0 unspecified atom stereocenters. The lowest BCUT2D eigenvalue weighted by molar-refractivity contribution is 0.0786. The molecule has 0 atom stereocenters. The van der Waals surface area contributed by atoms with Crippen molar-refractivity contribution >= 4 is 17.2 Å². The first-order valence-corrected chi connectivity index (χ1v) is 8.67. The number of amides is 1. The predicted molar refractivity (Wildman–Crippen MR) is 92.0 cm³/mol. The minimum absolute atomic E-state index is 0.102. The van der Waals surface area contributed by atoms with Crippen molar-refractivity contribution in [1.82, 2.24) is 29.4 Å². The highest BCUT2D eigenvalue weighted by atomic mass is 32.1. The maximum Gasteiger partial charge on any atom is 0.275 e. The Bertz CT molecular complexity index is 791. The first-order chi connectivity index (χ1) is 11.6. The third-order valence-electron chi connectivity index (χ3n) is 3.82. The van der Waals surface area contributed by atoms with Crippen LogP contribution in [0.3, 0.4) is 0 Å². The van der Waals surface area contributed by atoms with Crippen molar-refractivity contribution in [3.8, 4) is 0 Å². The number of rotatable bonds is 7. The van der Waals surface area contributed by atoms with E-state index in [2.05, 4.69) is 19.9 Å². The number of hydrogen-bond donors (Lipinski definition) is 0. The van der Waals surface area contributed by atoms with Gasteiger partial charge in [0, 0.05) is 37.4 Å². The minimum Gasteiger partial charge on any atom is -0.340 e. The lowest BCUT2D eigenvalue weighted by Gasteiger charge is -2.15. The molecule has 0 spiro atoms. The van der Waals surface area contributed by atoms with Crippen LogP contribution in [0, 0.1) is 6.92 Å². The molecular formula is C16H20N6OS. The molecule has 7 nitrogen and oxygen atoms in total. The number of hydrogen-bond acceptors (Lipinski definition) is 5. The van der Waals surface area contributed by atoms with Gasteiger partial charge in [-0.25, -0.2) is 9.67 Å². The lowest BCUT2D eigenvalue weighted by atomic mass is 10.3. The van der Waals surface area contributed by atoms with Crippen molar-refractivity contribution < 1.29 is 4.79 Å². The second kappa shape index (κ2) is 7.39. The molecule has 0 saturated heterocycles. The third kappa shape index (κ3) is 3.88. The van der Waals surface area contributed by atoms with Crippen molar-refractivity contribution in [3.05, 3.63) is 52.5 Å². The maximum atomic E-state index is 12.4. The predicted octanol–water partition coefficient (Wildman–Crippen LogP) is 2.06. The summed E-state index contributed by atoms with van der Waals surface area (Å²) in [5.74, 6) is 0.885. The van der Waals surface area contributed by atoms with E-state index in [1.54, 1.807) is 40.4 Å². The van der Waals surface area contributed by atoms with Gasteiger partial charge in [0.05, 0.1) is 12.7 Å². The van der Waals surface area contributed by atoms with E-state index in [-0.39, 0.29) is 5.91 Å². The van der Waals surface area contributed by atoms with Crippen LogP contribution in [0.4, 0.5) is 0 Å². The van der Waals surface area contributed by atoms with E-state index in [1.807, 2.05) is 30.6 Å². The van der Waals surface area contributed by atoms with Gasteiger partial charge >= 0.3 is 0 Å². The zero-order chi connectivity index (χ0) is 16.9. The Morgan fingerprint density at radius 2 is 2.29 bits per heavy atom. The van der Waals surface area contributed by atoms with Gasteiger partial charge in [0.1, 0.15) is 5.82 Å². The van der Waals surface area contributed by atoms with Gasteiger partial charge < -0.3 is 9.47 Å². The lowest BCUT2D eigenvalue weighted by Crippen LogP contribution is -2.28. The van der Waals surface area contributed by atoms with Crippen molar-refractivity contribution in [2.24, 2.45) is 0 Å². The van der Waals surface area contributed by atoms with Gasteiger partial charge in [-0.1, -0.05) is 11.3 Å². The monoisotopic (exact) mass is 344 g/mol. The summed E-state index contributed by atoms with van der Waals surface area (Å²) in [6.45, 7) is 4.12. The summed E-state index contributed by atoms with van der Waals surface area (Å²) in [7, 11) is 1.79. The molecule has 0 saturated carbocycles. The zero-order valence-corrected chi connectivity index (χ0v) is 14.6. The Morgan fingerprint density at radius 1 is 1.42 bits per heavy atom. The molecule has 0 N–H and O–H groups in total. The number of thiophene rings is 1. The molecule has 3 heterocycles. The average Bonchev–Trinajstić information content (AvgIpc) is 3.31. The number of aromatic nitrogens is 5. The van der Waals surface area contributed by atoms with Gasteiger partial charge in [0.25, 0.3) is 5.91 Å². The standard InChI is InChI=1S/C16H20N6OS/c1-13-17-6-9-21(13)8-4-7-20(2)16(23)15-12-22(19-18-15)11-14-5-3-10-24-14/h3,5-6,9-10,12H,4,7-8,11H2,1-2H3. The molecule has 0 bridgehead atoms. The van der Waals surface area contributed by atoms with Crippen LogP contribution >= 0.6 is 11.3 Å². The number of imidazole rings is 1. The van der Waals surface area contributed by atoms with Crippen LogP contribution in [0.5, 0.6) is 0 Å². The quantitative estimate of drug-likeness (QED) is 0.658. The van der Waals surface area contributed by atoms with Crippen LogP contribution in [-0.4, -0.2) is 48.9 Å². The summed E-state index contributed by atoms with van der Waals surface area (Å²) in [6, 6.07) is 4.04. The molecule has 0 aliphatic rings. The van der Waals surface area contributed by atoms with Crippen molar-refractivity contribution in [1.29, 1.82) is 0 Å². The number of carbonyl (C=O) groups excluding carboxylic acids is 1. The third-order valence-corrected chi connectivity index (χ3v) is 4.68. The Hall–Kier alpha value is -2.48. The van der Waals surface area contributed by atoms with Gasteiger partial charge in [0.2, 0.25) is 0 Å². The molecule has 24 heavy (non-hydrogen) atoms. The highest BCUT2D eigenvalue weighted by Crippen LogP contribution is 2.10. The fourth-order valence-electron chi connectivity index (χ4n) is 2.45. The Balaban J connectivity index is 1.51. The summed E-state index contributed by atoms with van der Waals surface area (Å²) >= 11 is 1.66. The van der Waals surface area contributed by atoms with Crippen LogP contribution in [0.25, 0.3) is 0 Å². The minimum atomic E-state index is -0.102. The van der Waals surface area contributed by atoms with Crippen molar-refractivity contribution in [3.63, 3.8) is 0 Å². The molecule has 0 fully saturated rings. The van der Waals surface area contributed by atoms with Crippen LogP contribution in [0.1, 0.15) is 27.6 Å². The van der Waals surface area contributed by atoms with Crippen molar-refractivity contribution in [2.75, 3.05) is 13.6 Å².